The van der Waals surface area contributed by atoms with Crippen LogP contribution >= 0.6 is 0 Å². The van der Waals surface area contributed by atoms with Gasteiger partial charge in [0.2, 0.25) is 0 Å². The Bertz CT molecular complexity index is 407. The number of Topliss-reactive ketones (excluding diaryl/α,β-unsaturated/α-hetero) is 1. The molecule has 0 radical (unpaired) electrons. The third-order valence-corrected chi connectivity index (χ3v) is 3.43. The minimum atomic E-state index is -0.190. The third kappa shape index (κ3) is 5.31. The number of phenolic OH excluding ortho intramolecular Hbond substituents is 1. The van der Waals surface area contributed by atoms with Gasteiger partial charge in [-0.3, -0.25) is 4.79 Å². The summed E-state index contributed by atoms with van der Waals surface area (Å²) >= 11 is 0. The van der Waals surface area contributed by atoms with Crippen molar-refractivity contribution < 1.29 is 19.4 Å². The summed E-state index contributed by atoms with van der Waals surface area (Å²) in [6.07, 6.45) is 5.06. The van der Waals surface area contributed by atoms with E-state index >= 15 is 0 Å². The predicted octanol–water partition coefficient (Wildman–Crippen LogP) is 2.83. The Labute approximate surface area is 119 Å². The molecule has 1 unspecified atom stereocenters. The molecule has 0 amide bonds. The number of rotatable bonds is 7. The molecule has 1 N–H and O–H groups in total. The highest BCUT2D eigenvalue weighted by molar-refractivity contribution is 5.79. The minimum absolute atomic E-state index is 0.123. The Balaban J connectivity index is 1.58. The van der Waals surface area contributed by atoms with E-state index in [0.717, 1.165) is 44.3 Å². The maximum absolute atomic E-state index is 11.7. The van der Waals surface area contributed by atoms with Crippen molar-refractivity contribution in [3.05, 3.63) is 29.8 Å². The second kappa shape index (κ2) is 8.02. The molecule has 1 aliphatic heterocycles. The monoisotopic (exact) mass is 278 g/mol. The Morgan fingerprint density at radius 1 is 1.30 bits per heavy atom. The van der Waals surface area contributed by atoms with Gasteiger partial charge in [-0.15, -0.1) is 0 Å². The van der Waals surface area contributed by atoms with E-state index in [9.17, 15) is 9.90 Å². The van der Waals surface area contributed by atoms with Gasteiger partial charge in [-0.25, -0.2) is 0 Å². The van der Waals surface area contributed by atoms with Gasteiger partial charge < -0.3 is 14.6 Å². The van der Waals surface area contributed by atoms with Gasteiger partial charge in [-0.1, -0.05) is 12.1 Å². The zero-order valence-electron chi connectivity index (χ0n) is 11.7. The summed E-state index contributed by atoms with van der Waals surface area (Å²) in [5.74, 6) is 0.392. The first-order valence-electron chi connectivity index (χ1n) is 7.27. The average molecular weight is 278 g/mol. The molecule has 110 valence electrons. The molecular weight excluding hydrogens is 256 g/mol. The summed E-state index contributed by atoms with van der Waals surface area (Å²) in [7, 11) is 0. The highest BCUT2D eigenvalue weighted by atomic mass is 16.7. The predicted molar refractivity (Wildman–Crippen MR) is 75.6 cm³/mol. The number of carbonyl (C=O) groups is 1. The molecule has 1 saturated heterocycles. The second-order valence-corrected chi connectivity index (χ2v) is 5.17. The molecule has 4 nitrogen and oxygen atoms in total. The van der Waals surface area contributed by atoms with Gasteiger partial charge in [0, 0.05) is 13.0 Å². The summed E-state index contributed by atoms with van der Waals surface area (Å²) in [5, 5.41) is 9.18. The third-order valence-electron chi connectivity index (χ3n) is 3.43. The lowest BCUT2D eigenvalue weighted by molar-refractivity contribution is -0.169. The smallest absolute Gasteiger partial charge is 0.158 e. The number of benzene rings is 1. The number of hydrogen-bond acceptors (Lipinski definition) is 4. The molecule has 1 aromatic carbocycles. The molecule has 0 aromatic heterocycles. The Morgan fingerprint density at radius 3 is 2.80 bits per heavy atom. The van der Waals surface area contributed by atoms with Crippen LogP contribution in [0.3, 0.4) is 0 Å². The van der Waals surface area contributed by atoms with Crippen molar-refractivity contribution in [2.45, 2.75) is 44.8 Å². The zero-order chi connectivity index (χ0) is 14.2. The van der Waals surface area contributed by atoms with E-state index in [0.29, 0.717) is 6.42 Å². The van der Waals surface area contributed by atoms with Gasteiger partial charge >= 0.3 is 0 Å². The summed E-state index contributed by atoms with van der Waals surface area (Å²) in [4.78, 5) is 11.7. The van der Waals surface area contributed by atoms with E-state index in [1.54, 1.807) is 12.1 Å². The number of carbonyl (C=O) groups excluding carboxylic acids is 1. The van der Waals surface area contributed by atoms with Gasteiger partial charge in [0.15, 0.2) is 12.1 Å². The highest BCUT2D eigenvalue weighted by Gasteiger charge is 2.15. The Morgan fingerprint density at radius 2 is 2.10 bits per heavy atom. The largest absolute Gasteiger partial charge is 0.508 e. The summed E-state index contributed by atoms with van der Waals surface area (Å²) < 4.78 is 10.9. The maximum Gasteiger partial charge on any atom is 0.158 e. The lowest BCUT2D eigenvalue weighted by Crippen LogP contribution is -2.25. The standard InChI is InChI=1S/C16H22O4/c17-14-9-7-13(8-10-14)4-3-5-15(18)12-20-16-6-1-2-11-19-16/h7-10,16-17H,1-6,11-12H2. The number of aryl methyl sites for hydroxylation is 1. The highest BCUT2D eigenvalue weighted by Crippen LogP contribution is 2.14. The van der Waals surface area contributed by atoms with Gasteiger partial charge in [0.25, 0.3) is 0 Å². The van der Waals surface area contributed by atoms with Crippen molar-refractivity contribution in [2.24, 2.45) is 0 Å². The first kappa shape index (κ1) is 15.0. The van der Waals surface area contributed by atoms with E-state index < -0.39 is 0 Å². The molecule has 0 saturated carbocycles. The second-order valence-electron chi connectivity index (χ2n) is 5.17. The number of ketones is 1. The molecule has 0 spiro atoms. The quantitative estimate of drug-likeness (QED) is 0.833. The Kier molecular flexibility index (Phi) is 6.02. The molecule has 1 aromatic rings. The maximum atomic E-state index is 11.7. The fourth-order valence-corrected chi connectivity index (χ4v) is 2.25. The average Bonchev–Trinajstić information content (AvgIpc) is 2.48. The molecule has 0 bridgehead atoms. The number of phenols is 1. The summed E-state index contributed by atoms with van der Waals surface area (Å²) in [6, 6.07) is 7.10. The number of hydrogen-bond donors (Lipinski definition) is 1. The van der Waals surface area contributed by atoms with Crippen LogP contribution in [0.15, 0.2) is 24.3 Å². The van der Waals surface area contributed by atoms with Crippen LogP contribution < -0.4 is 0 Å². The van der Waals surface area contributed by atoms with Crippen molar-refractivity contribution in [1.29, 1.82) is 0 Å². The van der Waals surface area contributed by atoms with E-state index in [2.05, 4.69) is 0 Å². The van der Waals surface area contributed by atoms with E-state index in [1.807, 2.05) is 12.1 Å². The van der Waals surface area contributed by atoms with Crippen molar-refractivity contribution in [1.82, 2.24) is 0 Å². The normalized spacial score (nSPS) is 18.9. The molecule has 2 rings (SSSR count). The topological polar surface area (TPSA) is 55.8 Å². The van der Waals surface area contributed by atoms with Crippen molar-refractivity contribution in [3.63, 3.8) is 0 Å². The van der Waals surface area contributed by atoms with Gasteiger partial charge in [-0.05, 0) is 49.8 Å². The minimum Gasteiger partial charge on any atom is -0.508 e. The van der Waals surface area contributed by atoms with Crippen LogP contribution in [0.5, 0.6) is 5.75 Å². The van der Waals surface area contributed by atoms with Crippen molar-refractivity contribution in [3.8, 4) is 5.75 Å². The molecular formula is C16H22O4. The van der Waals surface area contributed by atoms with E-state index in [-0.39, 0.29) is 24.4 Å². The van der Waals surface area contributed by atoms with Crippen LogP contribution in [0.4, 0.5) is 0 Å². The first-order valence-corrected chi connectivity index (χ1v) is 7.27. The molecule has 1 aliphatic rings. The molecule has 1 atom stereocenters. The molecule has 0 aliphatic carbocycles. The molecule has 1 fully saturated rings. The molecule has 1 heterocycles. The Hall–Kier alpha value is -1.39. The summed E-state index contributed by atoms with van der Waals surface area (Å²) in [5.41, 5.74) is 1.13. The molecule has 20 heavy (non-hydrogen) atoms. The van der Waals surface area contributed by atoms with Crippen molar-refractivity contribution >= 4 is 5.78 Å². The van der Waals surface area contributed by atoms with Crippen LogP contribution in [-0.2, 0) is 20.7 Å². The lowest BCUT2D eigenvalue weighted by atomic mass is 10.1. The fraction of sp³-hybridized carbons (Fsp3) is 0.562. The van der Waals surface area contributed by atoms with Crippen LogP contribution in [0, 0.1) is 0 Å². The van der Waals surface area contributed by atoms with Crippen molar-refractivity contribution in [2.75, 3.05) is 13.2 Å². The fourth-order valence-electron chi connectivity index (χ4n) is 2.25. The number of ether oxygens (including phenoxy) is 2. The summed E-state index contributed by atoms with van der Waals surface area (Å²) in [6.45, 7) is 0.889. The van der Waals surface area contributed by atoms with Gasteiger partial charge in [0.05, 0.1) is 0 Å². The van der Waals surface area contributed by atoms with Gasteiger partial charge in [0.1, 0.15) is 12.4 Å². The van der Waals surface area contributed by atoms with Crippen LogP contribution in [0.2, 0.25) is 0 Å². The first-order chi connectivity index (χ1) is 9.74. The van der Waals surface area contributed by atoms with E-state index in [1.165, 1.54) is 0 Å². The zero-order valence-corrected chi connectivity index (χ0v) is 11.7. The molecule has 4 heteroatoms. The van der Waals surface area contributed by atoms with Crippen LogP contribution in [-0.4, -0.2) is 30.4 Å². The lowest BCUT2D eigenvalue weighted by Gasteiger charge is -2.22. The van der Waals surface area contributed by atoms with Crippen LogP contribution in [0.25, 0.3) is 0 Å². The van der Waals surface area contributed by atoms with Gasteiger partial charge in [-0.2, -0.15) is 0 Å². The van der Waals surface area contributed by atoms with E-state index in [4.69, 9.17) is 9.47 Å². The van der Waals surface area contributed by atoms with Crippen LogP contribution in [0.1, 0.15) is 37.7 Å². The SMILES string of the molecule is O=C(CCCc1ccc(O)cc1)COC1CCCCO1. The number of aromatic hydroxyl groups is 1.